The Hall–Kier alpha value is -1.72. The Kier molecular flexibility index (Phi) is 6.91. The first-order valence-electron chi connectivity index (χ1n) is 6.54. The van der Waals surface area contributed by atoms with Crippen LogP contribution in [-0.2, 0) is 4.79 Å². The fourth-order valence-electron chi connectivity index (χ4n) is 1.59. The minimum atomic E-state index is -4.73. The van der Waals surface area contributed by atoms with Crippen LogP contribution in [0, 0.1) is 0 Å². The minimum absolute atomic E-state index is 0. The van der Waals surface area contributed by atoms with Gasteiger partial charge in [0.15, 0.2) is 5.96 Å². The van der Waals surface area contributed by atoms with Gasteiger partial charge in [-0.2, -0.15) is 0 Å². The molecule has 0 spiro atoms. The van der Waals surface area contributed by atoms with E-state index in [1.807, 2.05) is 0 Å². The first-order valence-corrected chi connectivity index (χ1v) is 6.54. The second-order valence-electron chi connectivity index (χ2n) is 4.74. The number of rotatable bonds is 5. The molecule has 6 nitrogen and oxygen atoms in total. The number of halogens is 4. The van der Waals surface area contributed by atoms with Crippen molar-refractivity contribution in [2.24, 2.45) is 10.7 Å². The second-order valence-corrected chi connectivity index (χ2v) is 4.74. The number of hydrogen-bond donors (Lipinski definition) is 3. The zero-order valence-electron chi connectivity index (χ0n) is 11.9. The lowest BCUT2D eigenvalue weighted by atomic mass is 10.3. The van der Waals surface area contributed by atoms with Gasteiger partial charge in [-0.25, -0.2) is 4.99 Å². The average molecular weight is 444 g/mol. The summed E-state index contributed by atoms with van der Waals surface area (Å²) in [6, 6.07) is 5.24. The molecule has 1 saturated carbocycles. The average Bonchev–Trinajstić information content (AvgIpc) is 3.21. The van der Waals surface area contributed by atoms with Gasteiger partial charge in [0.1, 0.15) is 12.3 Å². The number of hydrogen-bond acceptors (Lipinski definition) is 3. The van der Waals surface area contributed by atoms with Crippen molar-refractivity contribution in [2.45, 2.75) is 25.2 Å². The number of aliphatic imine (C=N–C) groups is 1. The topological polar surface area (TPSA) is 88.7 Å². The van der Waals surface area contributed by atoms with Crippen LogP contribution in [-0.4, -0.2) is 30.8 Å². The monoisotopic (exact) mass is 444 g/mol. The summed E-state index contributed by atoms with van der Waals surface area (Å²) in [5.41, 5.74) is 6.02. The lowest BCUT2D eigenvalue weighted by Gasteiger charge is -2.10. The Bertz CT molecular complexity index is 559. The van der Waals surface area contributed by atoms with Crippen molar-refractivity contribution < 1.29 is 22.7 Å². The van der Waals surface area contributed by atoms with Gasteiger partial charge in [-0.05, 0) is 37.1 Å². The Morgan fingerprint density at radius 2 is 1.91 bits per heavy atom. The van der Waals surface area contributed by atoms with Gasteiger partial charge >= 0.3 is 6.36 Å². The van der Waals surface area contributed by atoms with E-state index in [-0.39, 0.29) is 54.2 Å². The highest BCUT2D eigenvalue weighted by atomic mass is 127. The Balaban J connectivity index is 0.00000264. The summed E-state index contributed by atoms with van der Waals surface area (Å²) < 4.78 is 39.8. The number of amides is 1. The first kappa shape index (κ1) is 19.3. The van der Waals surface area contributed by atoms with Crippen LogP contribution in [0.25, 0.3) is 0 Å². The molecule has 0 saturated heterocycles. The highest BCUT2D eigenvalue weighted by Crippen LogP contribution is 2.23. The molecule has 23 heavy (non-hydrogen) atoms. The molecular formula is C13H16F3IN4O2. The number of guanidine groups is 1. The molecule has 0 aliphatic heterocycles. The normalized spacial score (nSPS) is 14.7. The van der Waals surface area contributed by atoms with Gasteiger partial charge in [0, 0.05) is 11.7 Å². The van der Waals surface area contributed by atoms with Crippen LogP contribution in [0.1, 0.15) is 12.8 Å². The summed E-state index contributed by atoms with van der Waals surface area (Å²) in [6.45, 7) is -0.107. The fraction of sp³-hybridized carbons (Fsp3) is 0.385. The Labute approximate surface area is 147 Å². The zero-order valence-corrected chi connectivity index (χ0v) is 14.2. The lowest BCUT2D eigenvalue weighted by Crippen LogP contribution is -2.30. The molecule has 1 aliphatic carbocycles. The minimum Gasteiger partial charge on any atom is -0.406 e. The van der Waals surface area contributed by atoms with Crippen molar-refractivity contribution in [1.29, 1.82) is 0 Å². The van der Waals surface area contributed by atoms with Gasteiger partial charge in [0.25, 0.3) is 0 Å². The molecule has 0 heterocycles. The van der Waals surface area contributed by atoms with E-state index in [0.29, 0.717) is 5.69 Å². The molecule has 0 atom stereocenters. The number of ether oxygens (including phenoxy) is 1. The van der Waals surface area contributed by atoms with E-state index in [1.165, 1.54) is 12.1 Å². The van der Waals surface area contributed by atoms with Crippen molar-refractivity contribution in [3.05, 3.63) is 24.3 Å². The molecule has 1 fully saturated rings. The standard InChI is InChI=1S/C13H15F3N4O2.HI/c14-13(15,16)22-10-5-3-9(4-6-10)20-12(17)18-7-11(21)19-8-1-2-8;/h3-6,8H,1-2,7H2,(H,19,21)(H3,17,18,20);1H. The third-order valence-corrected chi connectivity index (χ3v) is 2.70. The summed E-state index contributed by atoms with van der Waals surface area (Å²) in [5, 5.41) is 5.42. The number of carbonyl (C=O) groups excluding carboxylic acids is 1. The van der Waals surface area contributed by atoms with E-state index in [1.54, 1.807) is 0 Å². The number of nitrogens with two attached hydrogens (primary N) is 1. The third kappa shape index (κ3) is 7.90. The Morgan fingerprint density at radius 3 is 2.43 bits per heavy atom. The van der Waals surface area contributed by atoms with Gasteiger partial charge < -0.3 is 21.1 Å². The molecule has 2 rings (SSSR count). The number of nitrogens with zero attached hydrogens (tertiary/aromatic N) is 1. The number of carbonyl (C=O) groups is 1. The molecule has 1 aromatic rings. The molecule has 0 radical (unpaired) electrons. The highest BCUT2D eigenvalue weighted by Gasteiger charge is 2.30. The molecular weight excluding hydrogens is 428 g/mol. The maximum absolute atomic E-state index is 12.0. The van der Waals surface area contributed by atoms with Crippen LogP contribution in [0.15, 0.2) is 29.3 Å². The van der Waals surface area contributed by atoms with Crippen molar-refractivity contribution in [3.8, 4) is 5.75 Å². The molecule has 1 aromatic carbocycles. The van der Waals surface area contributed by atoms with E-state index >= 15 is 0 Å². The van der Waals surface area contributed by atoms with Crippen LogP contribution in [0.4, 0.5) is 18.9 Å². The van der Waals surface area contributed by atoms with Gasteiger partial charge in [0.05, 0.1) is 0 Å². The predicted molar refractivity (Wildman–Crippen MR) is 89.8 cm³/mol. The second kappa shape index (κ2) is 8.22. The van der Waals surface area contributed by atoms with Gasteiger partial charge in [-0.15, -0.1) is 37.1 Å². The molecule has 0 unspecified atom stereocenters. The van der Waals surface area contributed by atoms with Crippen LogP contribution in [0.3, 0.4) is 0 Å². The van der Waals surface area contributed by atoms with Gasteiger partial charge in [0.2, 0.25) is 5.91 Å². The largest absolute Gasteiger partial charge is 0.573 e. The summed E-state index contributed by atoms with van der Waals surface area (Å²) in [6.07, 6.45) is -2.77. The van der Waals surface area contributed by atoms with Crippen LogP contribution in [0.2, 0.25) is 0 Å². The van der Waals surface area contributed by atoms with Crippen molar-refractivity contribution in [1.82, 2.24) is 5.32 Å². The van der Waals surface area contributed by atoms with Crippen molar-refractivity contribution in [3.63, 3.8) is 0 Å². The van der Waals surface area contributed by atoms with Crippen LogP contribution < -0.4 is 21.1 Å². The summed E-state index contributed by atoms with van der Waals surface area (Å²) in [4.78, 5) is 15.2. The maximum Gasteiger partial charge on any atom is 0.573 e. The van der Waals surface area contributed by atoms with E-state index in [9.17, 15) is 18.0 Å². The molecule has 1 aliphatic rings. The molecule has 1 amide bonds. The summed E-state index contributed by atoms with van der Waals surface area (Å²) >= 11 is 0. The number of alkyl halides is 3. The van der Waals surface area contributed by atoms with Crippen molar-refractivity contribution >= 4 is 41.5 Å². The molecule has 4 N–H and O–H groups in total. The SMILES string of the molecule is I.NC(=NCC(=O)NC1CC1)Nc1ccc(OC(F)(F)F)cc1. The number of anilines is 1. The lowest BCUT2D eigenvalue weighted by molar-refractivity contribution is -0.274. The fourth-order valence-corrected chi connectivity index (χ4v) is 1.59. The number of nitrogens with one attached hydrogen (secondary N) is 2. The predicted octanol–water partition coefficient (Wildman–Crippen LogP) is 2.21. The van der Waals surface area contributed by atoms with E-state index in [4.69, 9.17) is 5.73 Å². The molecule has 128 valence electrons. The van der Waals surface area contributed by atoms with Crippen LogP contribution in [0.5, 0.6) is 5.75 Å². The summed E-state index contributed by atoms with van der Waals surface area (Å²) in [5.74, 6) is -0.561. The van der Waals surface area contributed by atoms with E-state index < -0.39 is 6.36 Å². The van der Waals surface area contributed by atoms with E-state index in [0.717, 1.165) is 25.0 Å². The van der Waals surface area contributed by atoms with Crippen LogP contribution >= 0.6 is 24.0 Å². The molecule has 10 heteroatoms. The summed E-state index contributed by atoms with van der Waals surface area (Å²) in [7, 11) is 0. The van der Waals surface area contributed by atoms with Gasteiger partial charge in [-0.3, -0.25) is 4.79 Å². The zero-order chi connectivity index (χ0) is 16.2. The third-order valence-electron chi connectivity index (χ3n) is 2.70. The highest BCUT2D eigenvalue weighted by molar-refractivity contribution is 14.0. The van der Waals surface area contributed by atoms with Crippen molar-refractivity contribution in [2.75, 3.05) is 11.9 Å². The smallest absolute Gasteiger partial charge is 0.406 e. The Morgan fingerprint density at radius 1 is 1.30 bits per heavy atom. The molecule has 0 bridgehead atoms. The quantitative estimate of drug-likeness (QED) is 0.369. The first-order chi connectivity index (χ1) is 10.3. The molecule has 0 aromatic heterocycles. The van der Waals surface area contributed by atoms with E-state index in [2.05, 4.69) is 20.4 Å². The number of benzene rings is 1. The van der Waals surface area contributed by atoms with Gasteiger partial charge in [-0.1, -0.05) is 0 Å². The maximum atomic E-state index is 12.0.